The predicted octanol–water partition coefficient (Wildman–Crippen LogP) is 4.09. The maximum absolute atomic E-state index is 13.0. The molecule has 1 saturated heterocycles. The van der Waals surface area contributed by atoms with Crippen molar-refractivity contribution in [3.05, 3.63) is 69.8 Å². The van der Waals surface area contributed by atoms with Gasteiger partial charge in [-0.25, -0.2) is 4.79 Å². The molecule has 2 N–H and O–H groups in total. The summed E-state index contributed by atoms with van der Waals surface area (Å²) in [5.74, 6) is -0.673. The van der Waals surface area contributed by atoms with Crippen molar-refractivity contribution in [3.63, 3.8) is 0 Å². The Morgan fingerprint density at radius 1 is 1.03 bits per heavy atom. The Bertz CT molecular complexity index is 1470. The molecule has 5 rings (SSSR count). The van der Waals surface area contributed by atoms with Crippen molar-refractivity contribution in [2.75, 3.05) is 13.1 Å². The van der Waals surface area contributed by atoms with E-state index in [4.69, 9.17) is 14.6 Å². The van der Waals surface area contributed by atoms with Crippen LogP contribution in [-0.4, -0.2) is 29.8 Å². The third-order valence-electron chi connectivity index (χ3n) is 7.00. The van der Waals surface area contributed by atoms with Crippen LogP contribution in [0.5, 0.6) is 0 Å². The van der Waals surface area contributed by atoms with Crippen molar-refractivity contribution in [2.24, 2.45) is 11.7 Å². The van der Waals surface area contributed by atoms with Crippen LogP contribution in [0.25, 0.3) is 33.1 Å². The lowest BCUT2D eigenvalue weighted by Crippen LogP contribution is -2.42. The van der Waals surface area contributed by atoms with E-state index in [-0.39, 0.29) is 24.2 Å². The molecule has 1 aliphatic rings. The lowest BCUT2D eigenvalue weighted by atomic mass is 9.95. The highest BCUT2D eigenvalue weighted by Crippen LogP contribution is 2.37. The molecule has 0 atom stereocenters. The molecule has 0 spiro atoms. The van der Waals surface area contributed by atoms with Gasteiger partial charge in [0, 0.05) is 40.9 Å². The maximum atomic E-state index is 13.0. The molecule has 1 fully saturated rings. The highest BCUT2D eigenvalue weighted by molar-refractivity contribution is 6.05. The van der Waals surface area contributed by atoms with Gasteiger partial charge in [0.25, 0.3) is 0 Å². The van der Waals surface area contributed by atoms with Gasteiger partial charge in [-0.3, -0.25) is 9.59 Å². The zero-order valence-corrected chi connectivity index (χ0v) is 19.2. The van der Waals surface area contributed by atoms with Gasteiger partial charge in [-0.15, -0.1) is 0 Å². The number of nitrogens with two attached hydrogens (primary N) is 1. The monoisotopic (exact) mass is 458 g/mol. The average molecular weight is 459 g/mol. The van der Waals surface area contributed by atoms with Crippen molar-refractivity contribution in [2.45, 2.75) is 33.1 Å². The van der Waals surface area contributed by atoms with Crippen molar-refractivity contribution < 1.29 is 18.4 Å². The first-order valence-electron chi connectivity index (χ1n) is 11.4. The molecular formula is C27H26N2O5. The Kier molecular flexibility index (Phi) is 5.48. The number of primary amides is 1. The fraction of sp³-hybridized carbons (Fsp3) is 0.296. The van der Waals surface area contributed by atoms with Gasteiger partial charge in [0.05, 0.1) is 18.2 Å². The molecule has 174 valence electrons. The van der Waals surface area contributed by atoms with E-state index < -0.39 is 5.63 Å². The Balaban J connectivity index is 1.54. The van der Waals surface area contributed by atoms with E-state index >= 15 is 0 Å². The summed E-state index contributed by atoms with van der Waals surface area (Å²) in [5, 5.41) is 1.72. The first-order chi connectivity index (χ1) is 16.3. The molecule has 1 aliphatic heterocycles. The van der Waals surface area contributed by atoms with Crippen molar-refractivity contribution in [1.29, 1.82) is 0 Å². The smallest absolute Gasteiger partial charge is 0.340 e. The Hall–Kier alpha value is -3.87. The molecule has 0 unspecified atom stereocenters. The minimum atomic E-state index is -0.511. The molecule has 2 aromatic heterocycles. The quantitative estimate of drug-likeness (QED) is 0.464. The van der Waals surface area contributed by atoms with Gasteiger partial charge >= 0.3 is 5.63 Å². The second-order valence-electron chi connectivity index (χ2n) is 9.00. The molecule has 7 nitrogen and oxygen atoms in total. The number of nitrogens with zero attached hydrogens (tertiary/aromatic N) is 1. The van der Waals surface area contributed by atoms with Gasteiger partial charge in [-0.2, -0.15) is 0 Å². The Morgan fingerprint density at radius 2 is 1.74 bits per heavy atom. The Morgan fingerprint density at radius 3 is 2.41 bits per heavy atom. The predicted molar refractivity (Wildman–Crippen MR) is 129 cm³/mol. The van der Waals surface area contributed by atoms with Crippen molar-refractivity contribution in [1.82, 2.24) is 4.90 Å². The third kappa shape index (κ3) is 3.67. The standard InChI is InChI=1S/C27H26N2O5/c1-15-19-12-21-22(17-6-4-3-5-7-17)14-33-24(21)16(2)25(19)34-27(32)20(15)13-23(30)29-10-8-18(9-11-29)26(28)31/h3-7,12,14,18H,8-11,13H2,1-2H3,(H2,28,31). The molecule has 0 bridgehead atoms. The zero-order valence-electron chi connectivity index (χ0n) is 19.2. The van der Waals surface area contributed by atoms with Crippen LogP contribution < -0.4 is 11.4 Å². The summed E-state index contributed by atoms with van der Waals surface area (Å²) in [5.41, 5.74) is 9.87. The van der Waals surface area contributed by atoms with Gasteiger partial charge in [0.2, 0.25) is 11.8 Å². The molecule has 0 saturated carbocycles. The number of furan rings is 1. The number of rotatable bonds is 4. The van der Waals surface area contributed by atoms with Gasteiger partial charge in [-0.1, -0.05) is 30.3 Å². The highest BCUT2D eigenvalue weighted by atomic mass is 16.4. The van der Waals surface area contributed by atoms with Crippen molar-refractivity contribution in [3.8, 4) is 11.1 Å². The number of hydrogen-bond acceptors (Lipinski definition) is 5. The molecule has 2 aromatic carbocycles. The van der Waals surface area contributed by atoms with Crippen molar-refractivity contribution >= 4 is 33.8 Å². The van der Waals surface area contributed by atoms with Crippen LogP contribution in [0.3, 0.4) is 0 Å². The Labute approximate surface area is 196 Å². The maximum Gasteiger partial charge on any atom is 0.340 e. The lowest BCUT2D eigenvalue weighted by Gasteiger charge is -2.30. The fourth-order valence-corrected chi connectivity index (χ4v) is 4.92. The van der Waals surface area contributed by atoms with E-state index in [0.29, 0.717) is 42.7 Å². The summed E-state index contributed by atoms with van der Waals surface area (Å²) in [6.07, 6.45) is 2.78. The second kappa shape index (κ2) is 8.48. The summed E-state index contributed by atoms with van der Waals surface area (Å²) in [7, 11) is 0. The van der Waals surface area contributed by atoms with E-state index in [1.165, 1.54) is 0 Å². The minimum Gasteiger partial charge on any atom is -0.463 e. The molecular weight excluding hydrogens is 432 g/mol. The normalized spacial score (nSPS) is 14.7. The van der Waals surface area contributed by atoms with Crippen LogP contribution >= 0.6 is 0 Å². The van der Waals surface area contributed by atoms with Gasteiger partial charge in [0.1, 0.15) is 11.2 Å². The van der Waals surface area contributed by atoms with E-state index in [1.54, 1.807) is 11.2 Å². The van der Waals surface area contributed by atoms with E-state index in [1.807, 2.05) is 50.2 Å². The molecule has 4 aromatic rings. The van der Waals surface area contributed by atoms with Gasteiger partial charge < -0.3 is 19.5 Å². The zero-order chi connectivity index (χ0) is 24.0. The van der Waals surface area contributed by atoms with Crippen LogP contribution in [0, 0.1) is 19.8 Å². The van der Waals surface area contributed by atoms with E-state index in [9.17, 15) is 14.4 Å². The van der Waals surface area contributed by atoms with E-state index in [0.717, 1.165) is 33.0 Å². The topological polar surface area (TPSA) is 107 Å². The lowest BCUT2D eigenvalue weighted by molar-refractivity contribution is -0.134. The number of hydrogen-bond donors (Lipinski definition) is 1. The summed E-state index contributed by atoms with van der Waals surface area (Å²) in [6, 6.07) is 11.9. The summed E-state index contributed by atoms with van der Waals surface area (Å²) in [6.45, 7) is 4.65. The SMILES string of the molecule is Cc1c(CC(=O)N2CCC(C(N)=O)CC2)c(=O)oc2c(C)c3occ(-c4ccccc4)c3cc12. The summed E-state index contributed by atoms with van der Waals surface area (Å²) in [4.78, 5) is 39.0. The van der Waals surface area contributed by atoms with Gasteiger partial charge in [0.15, 0.2) is 0 Å². The van der Waals surface area contributed by atoms with Crippen LogP contribution in [0.4, 0.5) is 0 Å². The largest absolute Gasteiger partial charge is 0.463 e. The molecule has 0 aliphatic carbocycles. The number of piperidine rings is 1. The van der Waals surface area contributed by atoms with Crippen LogP contribution in [0.1, 0.15) is 29.5 Å². The molecule has 3 heterocycles. The van der Waals surface area contributed by atoms with Crippen LogP contribution in [0.15, 0.2) is 56.3 Å². The molecule has 0 radical (unpaired) electrons. The molecule has 7 heteroatoms. The number of benzene rings is 2. The number of aryl methyl sites for hydroxylation is 2. The number of fused-ring (bicyclic) bond motifs is 2. The minimum absolute atomic E-state index is 0.0423. The van der Waals surface area contributed by atoms with Gasteiger partial charge in [-0.05, 0) is 43.9 Å². The summed E-state index contributed by atoms with van der Waals surface area (Å²) < 4.78 is 11.6. The number of likely N-dealkylation sites (tertiary alicyclic amines) is 1. The molecule has 2 amide bonds. The highest BCUT2D eigenvalue weighted by Gasteiger charge is 2.27. The molecule has 34 heavy (non-hydrogen) atoms. The van der Waals surface area contributed by atoms with E-state index in [2.05, 4.69) is 0 Å². The number of carbonyl (C=O) groups excluding carboxylic acids is 2. The average Bonchev–Trinajstić information content (AvgIpc) is 3.27. The number of amides is 2. The summed E-state index contributed by atoms with van der Waals surface area (Å²) >= 11 is 0. The first kappa shape index (κ1) is 21.9. The fourth-order valence-electron chi connectivity index (χ4n) is 4.92. The first-order valence-corrected chi connectivity index (χ1v) is 11.4. The second-order valence-corrected chi connectivity index (χ2v) is 9.00. The third-order valence-corrected chi connectivity index (χ3v) is 7.00. The van der Waals surface area contributed by atoms with Crippen LogP contribution in [0.2, 0.25) is 0 Å². The number of carbonyl (C=O) groups is 2. The van der Waals surface area contributed by atoms with Crippen LogP contribution in [-0.2, 0) is 16.0 Å².